The van der Waals surface area contributed by atoms with E-state index in [9.17, 15) is 4.79 Å². The number of aromatic nitrogens is 1. The van der Waals surface area contributed by atoms with E-state index in [1.807, 2.05) is 4.90 Å². The molecule has 1 heterocycles. The van der Waals surface area contributed by atoms with Gasteiger partial charge in [0.25, 0.3) is 0 Å². The predicted octanol–water partition coefficient (Wildman–Crippen LogP) is 0.680. The zero-order valence-electron chi connectivity index (χ0n) is 10.8. The number of ether oxygens (including phenoxy) is 2. The van der Waals surface area contributed by atoms with E-state index < -0.39 is 0 Å². The molecule has 0 aliphatic heterocycles. The smallest absolute Gasteiger partial charge is 0.307 e. The van der Waals surface area contributed by atoms with Crippen LogP contribution >= 0.6 is 0 Å². The maximum Gasteiger partial charge on any atom is 0.307 e. The van der Waals surface area contributed by atoms with E-state index in [1.165, 1.54) is 7.11 Å². The van der Waals surface area contributed by atoms with Crippen LogP contribution in [0.4, 0.5) is 11.5 Å². The number of pyridine rings is 1. The molecule has 0 spiro atoms. The number of esters is 1. The summed E-state index contributed by atoms with van der Waals surface area (Å²) in [4.78, 5) is 17.3. The topological polar surface area (TPSA) is 77.7 Å². The Balaban J connectivity index is 2.71. The van der Waals surface area contributed by atoms with E-state index >= 15 is 0 Å². The van der Waals surface area contributed by atoms with Crippen LogP contribution in [0.1, 0.15) is 6.42 Å². The zero-order valence-corrected chi connectivity index (χ0v) is 10.8. The third kappa shape index (κ3) is 4.21. The molecule has 0 aromatic carbocycles. The highest BCUT2D eigenvalue weighted by atomic mass is 16.5. The summed E-state index contributed by atoms with van der Waals surface area (Å²) in [6.07, 6.45) is 1.96. The minimum atomic E-state index is -0.257. The number of carbonyl (C=O) groups excluding carboxylic acids is 1. The molecule has 2 N–H and O–H groups in total. The van der Waals surface area contributed by atoms with E-state index in [2.05, 4.69) is 9.72 Å². The fourth-order valence-electron chi connectivity index (χ4n) is 1.53. The summed E-state index contributed by atoms with van der Waals surface area (Å²) in [6, 6.07) is 3.55. The second kappa shape index (κ2) is 7.50. The van der Waals surface area contributed by atoms with Gasteiger partial charge in [-0.1, -0.05) is 0 Å². The van der Waals surface area contributed by atoms with Crippen LogP contribution in [0.15, 0.2) is 18.3 Å². The monoisotopic (exact) mass is 253 g/mol. The van der Waals surface area contributed by atoms with Crippen LogP contribution in [0, 0.1) is 0 Å². The third-order valence-electron chi connectivity index (χ3n) is 2.50. The van der Waals surface area contributed by atoms with Crippen LogP contribution in [0.2, 0.25) is 0 Å². The maximum absolute atomic E-state index is 11.2. The largest absolute Gasteiger partial charge is 0.469 e. The Kier molecular flexibility index (Phi) is 5.93. The predicted molar refractivity (Wildman–Crippen MR) is 69.4 cm³/mol. The molecular formula is C12H19N3O3. The summed E-state index contributed by atoms with van der Waals surface area (Å²) >= 11 is 0. The number of hydrogen-bond donors (Lipinski definition) is 1. The Morgan fingerprint density at radius 1 is 1.44 bits per heavy atom. The highest BCUT2D eigenvalue weighted by molar-refractivity contribution is 5.70. The Morgan fingerprint density at radius 3 is 2.83 bits per heavy atom. The van der Waals surface area contributed by atoms with Crippen molar-refractivity contribution in [2.45, 2.75) is 6.42 Å². The zero-order chi connectivity index (χ0) is 13.4. The molecule has 0 saturated heterocycles. The first-order valence-corrected chi connectivity index (χ1v) is 5.70. The highest BCUT2D eigenvalue weighted by Gasteiger charge is 2.12. The summed E-state index contributed by atoms with van der Waals surface area (Å²) in [7, 11) is 3.00. The Labute approximate surface area is 107 Å². The second-order valence-corrected chi connectivity index (χ2v) is 3.72. The number of nitrogens with two attached hydrogens (primary N) is 1. The molecule has 0 fully saturated rings. The maximum atomic E-state index is 11.2. The molecule has 18 heavy (non-hydrogen) atoms. The SMILES string of the molecule is COCCN(CCC(=O)OC)c1ncccc1N. The molecule has 6 heteroatoms. The first-order chi connectivity index (χ1) is 8.69. The summed E-state index contributed by atoms with van der Waals surface area (Å²) < 4.78 is 9.66. The van der Waals surface area contributed by atoms with Gasteiger partial charge in [-0.05, 0) is 12.1 Å². The lowest BCUT2D eigenvalue weighted by molar-refractivity contribution is -0.140. The molecule has 6 nitrogen and oxygen atoms in total. The molecule has 0 radical (unpaired) electrons. The van der Waals surface area contributed by atoms with Gasteiger partial charge >= 0.3 is 5.97 Å². The van der Waals surface area contributed by atoms with E-state index in [4.69, 9.17) is 10.5 Å². The van der Waals surface area contributed by atoms with Gasteiger partial charge in [0.05, 0.1) is 25.8 Å². The molecule has 0 bridgehead atoms. The summed E-state index contributed by atoms with van der Waals surface area (Å²) in [6.45, 7) is 1.66. The Morgan fingerprint density at radius 2 is 2.22 bits per heavy atom. The third-order valence-corrected chi connectivity index (χ3v) is 2.50. The van der Waals surface area contributed by atoms with Crippen molar-refractivity contribution >= 4 is 17.5 Å². The van der Waals surface area contributed by atoms with Crippen molar-refractivity contribution in [3.8, 4) is 0 Å². The summed E-state index contributed by atoms with van der Waals surface area (Å²) in [5.74, 6) is 0.408. The standard InChI is InChI=1S/C12H19N3O3/c1-17-9-8-15(7-5-11(16)18-2)12-10(13)4-3-6-14-12/h3-4,6H,5,7-9,13H2,1-2H3. The van der Waals surface area contributed by atoms with Crippen molar-refractivity contribution < 1.29 is 14.3 Å². The van der Waals surface area contributed by atoms with Gasteiger partial charge in [0.2, 0.25) is 0 Å². The molecule has 100 valence electrons. The number of carbonyl (C=O) groups is 1. The van der Waals surface area contributed by atoms with E-state index in [0.717, 1.165) is 0 Å². The molecule has 0 atom stereocenters. The molecule has 1 aromatic heterocycles. The molecule has 1 rings (SSSR count). The van der Waals surface area contributed by atoms with E-state index in [1.54, 1.807) is 25.4 Å². The summed E-state index contributed by atoms with van der Waals surface area (Å²) in [5, 5.41) is 0. The van der Waals surface area contributed by atoms with Gasteiger partial charge in [-0.2, -0.15) is 0 Å². The number of methoxy groups -OCH3 is 2. The van der Waals surface area contributed by atoms with Crippen LogP contribution in [0.3, 0.4) is 0 Å². The average molecular weight is 253 g/mol. The fourth-order valence-corrected chi connectivity index (χ4v) is 1.53. The van der Waals surface area contributed by atoms with Crippen LogP contribution in [-0.4, -0.2) is 44.9 Å². The second-order valence-electron chi connectivity index (χ2n) is 3.72. The van der Waals surface area contributed by atoms with Crippen molar-refractivity contribution in [1.29, 1.82) is 0 Å². The molecular weight excluding hydrogens is 234 g/mol. The van der Waals surface area contributed by atoms with Gasteiger partial charge in [0.1, 0.15) is 0 Å². The number of nitrogens with zero attached hydrogens (tertiary/aromatic N) is 2. The lowest BCUT2D eigenvalue weighted by atomic mass is 10.3. The summed E-state index contributed by atoms with van der Waals surface area (Å²) in [5.41, 5.74) is 6.45. The van der Waals surface area contributed by atoms with Gasteiger partial charge < -0.3 is 20.1 Å². The van der Waals surface area contributed by atoms with Crippen molar-refractivity contribution in [1.82, 2.24) is 4.98 Å². The molecule has 0 amide bonds. The van der Waals surface area contributed by atoms with Crippen LogP contribution in [0.25, 0.3) is 0 Å². The molecule has 0 aliphatic rings. The van der Waals surface area contributed by atoms with Crippen LogP contribution in [0.5, 0.6) is 0 Å². The number of anilines is 2. The van der Waals surface area contributed by atoms with Gasteiger partial charge in [-0.15, -0.1) is 0 Å². The number of hydrogen-bond acceptors (Lipinski definition) is 6. The van der Waals surface area contributed by atoms with Crippen LogP contribution < -0.4 is 10.6 Å². The molecule has 0 unspecified atom stereocenters. The van der Waals surface area contributed by atoms with Crippen molar-refractivity contribution in [2.24, 2.45) is 0 Å². The average Bonchev–Trinajstić information content (AvgIpc) is 2.39. The normalized spacial score (nSPS) is 10.1. The molecule has 0 saturated carbocycles. The van der Waals surface area contributed by atoms with Gasteiger partial charge in [-0.3, -0.25) is 4.79 Å². The lowest BCUT2D eigenvalue weighted by Gasteiger charge is -2.24. The van der Waals surface area contributed by atoms with Crippen molar-refractivity contribution in [3.63, 3.8) is 0 Å². The minimum absolute atomic E-state index is 0.257. The van der Waals surface area contributed by atoms with Gasteiger partial charge in [0.15, 0.2) is 5.82 Å². The first kappa shape index (κ1) is 14.2. The number of rotatable bonds is 7. The number of nitrogen functional groups attached to an aromatic ring is 1. The van der Waals surface area contributed by atoms with Gasteiger partial charge in [-0.25, -0.2) is 4.98 Å². The van der Waals surface area contributed by atoms with Crippen LogP contribution in [-0.2, 0) is 14.3 Å². The lowest BCUT2D eigenvalue weighted by Crippen LogP contribution is -2.31. The minimum Gasteiger partial charge on any atom is -0.469 e. The highest BCUT2D eigenvalue weighted by Crippen LogP contribution is 2.19. The van der Waals surface area contributed by atoms with Gasteiger partial charge in [0, 0.05) is 26.4 Å². The fraction of sp³-hybridized carbons (Fsp3) is 0.500. The van der Waals surface area contributed by atoms with Crippen molar-refractivity contribution in [2.75, 3.05) is 44.5 Å². The Bertz CT molecular complexity index is 385. The van der Waals surface area contributed by atoms with E-state index in [-0.39, 0.29) is 12.4 Å². The molecule has 1 aromatic rings. The first-order valence-electron chi connectivity index (χ1n) is 5.70. The Hall–Kier alpha value is -1.82. The quantitative estimate of drug-likeness (QED) is 0.720. The molecule has 0 aliphatic carbocycles. The van der Waals surface area contributed by atoms with E-state index in [0.29, 0.717) is 31.2 Å². The van der Waals surface area contributed by atoms with Crippen molar-refractivity contribution in [3.05, 3.63) is 18.3 Å².